The summed E-state index contributed by atoms with van der Waals surface area (Å²) in [6.07, 6.45) is 0.255. The fourth-order valence-electron chi connectivity index (χ4n) is 2.62. The van der Waals surface area contributed by atoms with Gasteiger partial charge in [0.25, 0.3) is 0 Å². The van der Waals surface area contributed by atoms with Gasteiger partial charge in [-0.2, -0.15) is 5.10 Å². The van der Waals surface area contributed by atoms with Crippen LogP contribution in [0.5, 0.6) is 5.75 Å². The van der Waals surface area contributed by atoms with Gasteiger partial charge in [-0.05, 0) is 42.3 Å². The SMILES string of the molecule is COc1ccc(CC(=O)Nc2n[nH]c(C)c2-c2cccc(Cl)c2)cc1. The zero-order valence-electron chi connectivity index (χ0n) is 14.0. The fourth-order valence-corrected chi connectivity index (χ4v) is 2.81. The van der Waals surface area contributed by atoms with Crippen LogP contribution in [0.2, 0.25) is 5.02 Å². The van der Waals surface area contributed by atoms with Crippen LogP contribution in [-0.2, 0) is 11.2 Å². The third-order valence-corrected chi connectivity index (χ3v) is 4.08. The van der Waals surface area contributed by atoms with E-state index in [-0.39, 0.29) is 12.3 Å². The van der Waals surface area contributed by atoms with Gasteiger partial charge in [0, 0.05) is 16.3 Å². The number of aromatic amines is 1. The topological polar surface area (TPSA) is 67.0 Å². The minimum atomic E-state index is -0.139. The number of H-pyrrole nitrogens is 1. The lowest BCUT2D eigenvalue weighted by Gasteiger charge is -2.07. The van der Waals surface area contributed by atoms with Crippen LogP contribution in [-0.4, -0.2) is 23.2 Å². The summed E-state index contributed by atoms with van der Waals surface area (Å²) in [4.78, 5) is 12.4. The lowest BCUT2D eigenvalue weighted by Crippen LogP contribution is -2.15. The average Bonchev–Trinajstić information content (AvgIpc) is 2.95. The third-order valence-electron chi connectivity index (χ3n) is 3.84. The Morgan fingerprint density at radius 2 is 2.00 bits per heavy atom. The molecule has 0 fully saturated rings. The van der Waals surface area contributed by atoms with Gasteiger partial charge in [-0.15, -0.1) is 0 Å². The van der Waals surface area contributed by atoms with Crippen molar-refractivity contribution in [1.29, 1.82) is 0 Å². The summed E-state index contributed by atoms with van der Waals surface area (Å²) in [6.45, 7) is 1.91. The highest BCUT2D eigenvalue weighted by Crippen LogP contribution is 2.31. The quantitative estimate of drug-likeness (QED) is 0.719. The van der Waals surface area contributed by atoms with Gasteiger partial charge in [0.1, 0.15) is 5.75 Å². The summed E-state index contributed by atoms with van der Waals surface area (Å²) < 4.78 is 5.12. The van der Waals surface area contributed by atoms with Gasteiger partial charge < -0.3 is 10.1 Å². The van der Waals surface area contributed by atoms with Crippen molar-refractivity contribution >= 4 is 23.3 Å². The second kappa shape index (κ2) is 7.40. The Morgan fingerprint density at radius 1 is 1.24 bits per heavy atom. The van der Waals surface area contributed by atoms with Gasteiger partial charge in [0.15, 0.2) is 5.82 Å². The van der Waals surface area contributed by atoms with Crippen molar-refractivity contribution in [3.05, 3.63) is 64.8 Å². The van der Waals surface area contributed by atoms with Crippen molar-refractivity contribution < 1.29 is 9.53 Å². The highest BCUT2D eigenvalue weighted by molar-refractivity contribution is 6.30. The molecular weight excluding hydrogens is 338 g/mol. The fraction of sp³-hybridized carbons (Fsp3) is 0.158. The molecule has 0 spiro atoms. The zero-order valence-corrected chi connectivity index (χ0v) is 14.7. The van der Waals surface area contributed by atoms with Crippen LogP contribution in [0.15, 0.2) is 48.5 Å². The number of rotatable bonds is 5. The molecule has 0 aliphatic heterocycles. The number of nitrogens with zero attached hydrogens (tertiary/aromatic N) is 1. The highest BCUT2D eigenvalue weighted by Gasteiger charge is 2.15. The van der Waals surface area contributed by atoms with E-state index in [4.69, 9.17) is 16.3 Å². The van der Waals surface area contributed by atoms with E-state index < -0.39 is 0 Å². The molecule has 0 radical (unpaired) electrons. The molecule has 5 nitrogen and oxygen atoms in total. The summed E-state index contributed by atoms with van der Waals surface area (Å²) in [5.41, 5.74) is 3.50. The Labute approximate surface area is 151 Å². The number of carbonyl (C=O) groups is 1. The number of benzene rings is 2. The number of aryl methyl sites for hydroxylation is 1. The van der Waals surface area contributed by atoms with Crippen molar-refractivity contribution in [1.82, 2.24) is 10.2 Å². The first-order valence-corrected chi connectivity index (χ1v) is 8.18. The lowest BCUT2D eigenvalue weighted by atomic mass is 10.1. The minimum absolute atomic E-state index is 0.139. The first-order valence-electron chi connectivity index (χ1n) is 7.80. The maximum absolute atomic E-state index is 12.4. The van der Waals surface area contributed by atoms with E-state index in [1.807, 2.05) is 55.5 Å². The number of nitrogens with one attached hydrogen (secondary N) is 2. The molecule has 3 aromatic rings. The van der Waals surface area contributed by atoms with Crippen molar-refractivity contribution in [2.75, 3.05) is 12.4 Å². The summed E-state index contributed by atoms with van der Waals surface area (Å²) in [5.74, 6) is 1.12. The molecule has 128 valence electrons. The van der Waals surface area contributed by atoms with Crippen molar-refractivity contribution in [2.45, 2.75) is 13.3 Å². The Hall–Kier alpha value is -2.79. The smallest absolute Gasteiger partial charge is 0.230 e. The van der Waals surface area contributed by atoms with E-state index in [9.17, 15) is 4.79 Å². The van der Waals surface area contributed by atoms with Crippen molar-refractivity contribution in [3.8, 4) is 16.9 Å². The largest absolute Gasteiger partial charge is 0.497 e. The van der Waals surface area contributed by atoms with Crippen molar-refractivity contribution in [3.63, 3.8) is 0 Å². The van der Waals surface area contributed by atoms with Gasteiger partial charge >= 0.3 is 0 Å². The number of aromatic nitrogens is 2. The maximum atomic E-state index is 12.4. The molecule has 0 bridgehead atoms. The molecule has 25 heavy (non-hydrogen) atoms. The van der Waals surface area contributed by atoms with E-state index in [2.05, 4.69) is 15.5 Å². The number of hydrogen-bond acceptors (Lipinski definition) is 3. The number of anilines is 1. The number of hydrogen-bond donors (Lipinski definition) is 2. The van der Waals surface area contributed by atoms with Gasteiger partial charge in [-0.25, -0.2) is 0 Å². The third kappa shape index (κ3) is 4.00. The van der Waals surface area contributed by atoms with E-state index >= 15 is 0 Å². The van der Waals surface area contributed by atoms with Crippen LogP contribution in [0.3, 0.4) is 0 Å². The molecule has 1 aromatic heterocycles. The number of methoxy groups -OCH3 is 1. The molecule has 0 aliphatic rings. The second-order valence-corrected chi connectivity index (χ2v) is 6.09. The predicted octanol–water partition coefficient (Wildman–Crippen LogP) is 4.23. The van der Waals surface area contributed by atoms with Crippen LogP contribution in [0.25, 0.3) is 11.1 Å². The normalized spacial score (nSPS) is 10.5. The standard InChI is InChI=1S/C19H18ClN3O2/c1-12-18(14-4-3-5-15(20)11-14)19(23-22-12)21-17(24)10-13-6-8-16(25-2)9-7-13/h3-9,11H,10H2,1-2H3,(H2,21,22,23,24). The molecule has 0 aliphatic carbocycles. The molecule has 0 saturated carbocycles. The summed E-state index contributed by atoms with van der Waals surface area (Å²) in [6, 6.07) is 14.9. The zero-order chi connectivity index (χ0) is 17.8. The van der Waals surface area contributed by atoms with Crippen LogP contribution in [0.4, 0.5) is 5.82 Å². The van der Waals surface area contributed by atoms with Crippen LogP contribution >= 0.6 is 11.6 Å². The van der Waals surface area contributed by atoms with Crippen LogP contribution in [0.1, 0.15) is 11.3 Å². The van der Waals surface area contributed by atoms with Gasteiger partial charge in [0.05, 0.1) is 13.5 Å². The molecule has 0 saturated heterocycles. The van der Waals surface area contributed by atoms with E-state index in [0.29, 0.717) is 10.8 Å². The number of ether oxygens (including phenoxy) is 1. The average molecular weight is 356 g/mol. The van der Waals surface area contributed by atoms with Gasteiger partial charge in [-0.1, -0.05) is 35.9 Å². The van der Waals surface area contributed by atoms with Crippen LogP contribution < -0.4 is 10.1 Å². The van der Waals surface area contributed by atoms with E-state index in [0.717, 1.165) is 28.1 Å². The molecule has 6 heteroatoms. The predicted molar refractivity (Wildman–Crippen MR) is 99.1 cm³/mol. The number of carbonyl (C=O) groups excluding carboxylic acids is 1. The van der Waals surface area contributed by atoms with Crippen molar-refractivity contribution in [2.24, 2.45) is 0 Å². The number of halogens is 1. The summed E-state index contributed by atoms with van der Waals surface area (Å²) >= 11 is 6.08. The Morgan fingerprint density at radius 3 is 2.68 bits per heavy atom. The van der Waals surface area contributed by atoms with E-state index in [1.54, 1.807) is 7.11 Å². The van der Waals surface area contributed by atoms with Crippen LogP contribution in [0, 0.1) is 6.92 Å². The molecular formula is C19H18ClN3O2. The molecule has 0 atom stereocenters. The van der Waals surface area contributed by atoms with Gasteiger partial charge in [0.2, 0.25) is 5.91 Å². The lowest BCUT2D eigenvalue weighted by molar-refractivity contribution is -0.115. The minimum Gasteiger partial charge on any atom is -0.497 e. The highest BCUT2D eigenvalue weighted by atomic mass is 35.5. The first kappa shape index (κ1) is 17.0. The van der Waals surface area contributed by atoms with E-state index in [1.165, 1.54) is 0 Å². The maximum Gasteiger partial charge on any atom is 0.230 e. The second-order valence-electron chi connectivity index (χ2n) is 5.66. The molecule has 1 heterocycles. The number of amides is 1. The monoisotopic (exact) mass is 355 g/mol. The summed E-state index contributed by atoms with van der Waals surface area (Å²) in [7, 11) is 1.61. The Kier molecular flexibility index (Phi) is 5.05. The Balaban J connectivity index is 1.77. The molecule has 0 unspecified atom stereocenters. The summed E-state index contributed by atoms with van der Waals surface area (Å²) in [5, 5.41) is 10.6. The molecule has 1 amide bonds. The Bertz CT molecular complexity index is 888. The molecule has 2 aromatic carbocycles. The van der Waals surface area contributed by atoms with Gasteiger partial charge in [-0.3, -0.25) is 9.89 Å². The first-order chi connectivity index (χ1) is 12.1. The molecule has 3 rings (SSSR count). The molecule has 2 N–H and O–H groups in total.